The number of rotatable bonds is 6. The van der Waals surface area contributed by atoms with E-state index >= 15 is 0 Å². The molecule has 0 aromatic heterocycles. The zero-order valence-electron chi connectivity index (χ0n) is 11.4. The van der Waals surface area contributed by atoms with Crippen LogP contribution in [0.5, 0.6) is 5.75 Å². The van der Waals surface area contributed by atoms with Crippen molar-refractivity contribution in [2.24, 2.45) is 0 Å². The number of hydrogen-bond acceptors (Lipinski definition) is 3. The van der Waals surface area contributed by atoms with Gasteiger partial charge in [-0.2, -0.15) is 0 Å². The second kappa shape index (κ2) is 6.62. The summed E-state index contributed by atoms with van der Waals surface area (Å²) in [5, 5.41) is 3.14. The smallest absolute Gasteiger partial charge is 0.122 e. The Bertz CT molecular complexity index is 350. The Kier molecular flexibility index (Phi) is 5.45. The van der Waals surface area contributed by atoms with Crippen molar-refractivity contribution in [3.8, 4) is 5.75 Å². The van der Waals surface area contributed by atoms with E-state index in [0.29, 0.717) is 5.92 Å². The molecule has 1 N–H and O–H groups in total. The molecule has 96 valence electrons. The molecule has 0 saturated carbocycles. The molecule has 1 atom stereocenters. The lowest BCUT2D eigenvalue weighted by Gasteiger charge is -2.19. The monoisotopic (exact) mass is 237 g/mol. The normalized spacial score (nSPS) is 12.8. The first-order valence-electron chi connectivity index (χ1n) is 5.99. The molecule has 0 radical (unpaired) electrons. The van der Waals surface area contributed by atoms with Crippen LogP contribution in [-0.4, -0.2) is 27.8 Å². The van der Waals surface area contributed by atoms with E-state index in [4.69, 9.17) is 9.47 Å². The number of nitrogens with one attached hydrogen (secondary N) is 1. The van der Waals surface area contributed by atoms with Gasteiger partial charge in [-0.3, -0.25) is 0 Å². The average molecular weight is 237 g/mol. The first-order chi connectivity index (χ1) is 8.13. The minimum absolute atomic E-state index is 0.0865. The van der Waals surface area contributed by atoms with E-state index in [2.05, 4.69) is 31.3 Å². The van der Waals surface area contributed by atoms with E-state index in [1.807, 2.05) is 13.1 Å². The minimum Gasteiger partial charge on any atom is -0.496 e. The fourth-order valence-corrected chi connectivity index (χ4v) is 1.93. The highest BCUT2D eigenvalue weighted by Gasteiger charge is 2.14. The van der Waals surface area contributed by atoms with E-state index in [-0.39, 0.29) is 6.10 Å². The van der Waals surface area contributed by atoms with Crippen LogP contribution in [0.4, 0.5) is 0 Å². The molecule has 0 fully saturated rings. The molecule has 1 unspecified atom stereocenters. The second-order valence-electron chi connectivity index (χ2n) is 4.44. The summed E-state index contributed by atoms with van der Waals surface area (Å²) < 4.78 is 10.9. The van der Waals surface area contributed by atoms with E-state index in [9.17, 15) is 0 Å². The fourth-order valence-electron chi connectivity index (χ4n) is 1.93. The maximum Gasteiger partial charge on any atom is 0.122 e. The van der Waals surface area contributed by atoms with E-state index in [0.717, 1.165) is 12.3 Å². The van der Waals surface area contributed by atoms with Crippen molar-refractivity contribution in [1.82, 2.24) is 5.32 Å². The molecule has 1 aromatic carbocycles. The summed E-state index contributed by atoms with van der Waals surface area (Å²) in [5.41, 5.74) is 2.41. The lowest BCUT2D eigenvalue weighted by Crippen LogP contribution is -2.18. The molecule has 0 aliphatic heterocycles. The number of benzene rings is 1. The fraction of sp³-hybridized carbons (Fsp3) is 0.571. The average Bonchev–Trinajstić information content (AvgIpc) is 2.35. The standard InChI is InChI=1S/C14H23NO2/c1-10(2)12-8-11(6-7-13(12)16-4)14(17-5)9-15-3/h6-8,10,14-15H,9H2,1-5H3. The third kappa shape index (κ3) is 3.45. The third-order valence-electron chi connectivity index (χ3n) is 2.92. The van der Waals surface area contributed by atoms with Crippen molar-refractivity contribution in [3.63, 3.8) is 0 Å². The summed E-state index contributed by atoms with van der Waals surface area (Å²) >= 11 is 0. The number of methoxy groups -OCH3 is 2. The van der Waals surface area contributed by atoms with Crippen LogP contribution in [0.15, 0.2) is 18.2 Å². The van der Waals surface area contributed by atoms with Crippen LogP contribution in [0.3, 0.4) is 0 Å². The van der Waals surface area contributed by atoms with E-state index in [1.54, 1.807) is 14.2 Å². The Morgan fingerprint density at radius 3 is 2.41 bits per heavy atom. The maximum atomic E-state index is 5.48. The number of hydrogen-bond donors (Lipinski definition) is 1. The molecule has 0 aliphatic carbocycles. The van der Waals surface area contributed by atoms with Gasteiger partial charge in [-0.25, -0.2) is 0 Å². The van der Waals surface area contributed by atoms with Crippen LogP contribution in [0.2, 0.25) is 0 Å². The number of likely N-dealkylation sites (N-methyl/N-ethyl adjacent to an activating group) is 1. The summed E-state index contributed by atoms with van der Waals surface area (Å²) in [4.78, 5) is 0. The third-order valence-corrected chi connectivity index (χ3v) is 2.92. The Balaban J connectivity index is 3.05. The highest BCUT2D eigenvalue weighted by molar-refractivity contribution is 5.40. The first kappa shape index (κ1) is 14.0. The molecule has 0 amide bonds. The molecular weight excluding hydrogens is 214 g/mol. The molecule has 0 saturated heterocycles. The zero-order chi connectivity index (χ0) is 12.8. The van der Waals surface area contributed by atoms with Crippen LogP contribution in [-0.2, 0) is 4.74 Å². The lowest BCUT2D eigenvalue weighted by atomic mass is 9.97. The molecule has 17 heavy (non-hydrogen) atoms. The molecule has 3 nitrogen and oxygen atoms in total. The Hall–Kier alpha value is -1.06. The van der Waals surface area contributed by atoms with Crippen LogP contribution < -0.4 is 10.1 Å². The topological polar surface area (TPSA) is 30.5 Å². The van der Waals surface area contributed by atoms with E-state index < -0.39 is 0 Å². The second-order valence-corrected chi connectivity index (χ2v) is 4.44. The highest BCUT2D eigenvalue weighted by Crippen LogP contribution is 2.30. The van der Waals surface area contributed by atoms with Crippen LogP contribution in [0.25, 0.3) is 0 Å². The van der Waals surface area contributed by atoms with Crippen molar-refractivity contribution >= 4 is 0 Å². The van der Waals surface area contributed by atoms with Crippen molar-refractivity contribution in [1.29, 1.82) is 0 Å². The van der Waals surface area contributed by atoms with Crippen LogP contribution >= 0.6 is 0 Å². The van der Waals surface area contributed by atoms with Gasteiger partial charge in [-0.15, -0.1) is 0 Å². The predicted molar refractivity (Wildman–Crippen MR) is 70.8 cm³/mol. The van der Waals surface area contributed by atoms with Crippen molar-refractivity contribution in [2.45, 2.75) is 25.9 Å². The van der Waals surface area contributed by atoms with Gasteiger partial charge in [-0.1, -0.05) is 19.9 Å². The molecule has 3 heteroatoms. The molecule has 0 heterocycles. The number of ether oxygens (including phenoxy) is 2. The summed E-state index contributed by atoms with van der Waals surface area (Å²) in [6.45, 7) is 5.14. The zero-order valence-corrected chi connectivity index (χ0v) is 11.4. The van der Waals surface area contributed by atoms with Crippen molar-refractivity contribution < 1.29 is 9.47 Å². The van der Waals surface area contributed by atoms with Crippen molar-refractivity contribution in [3.05, 3.63) is 29.3 Å². The van der Waals surface area contributed by atoms with Crippen LogP contribution in [0, 0.1) is 0 Å². The van der Waals surface area contributed by atoms with Gasteiger partial charge in [0.25, 0.3) is 0 Å². The van der Waals surface area contributed by atoms with Gasteiger partial charge in [0, 0.05) is 13.7 Å². The molecule has 0 aliphatic rings. The van der Waals surface area contributed by atoms with E-state index in [1.165, 1.54) is 11.1 Å². The van der Waals surface area contributed by atoms with Gasteiger partial charge in [0.2, 0.25) is 0 Å². The lowest BCUT2D eigenvalue weighted by molar-refractivity contribution is 0.104. The van der Waals surface area contributed by atoms with Gasteiger partial charge in [0.15, 0.2) is 0 Å². The Labute approximate surface area is 104 Å². The Morgan fingerprint density at radius 2 is 1.94 bits per heavy atom. The Morgan fingerprint density at radius 1 is 1.24 bits per heavy atom. The van der Waals surface area contributed by atoms with Gasteiger partial charge < -0.3 is 14.8 Å². The predicted octanol–water partition coefficient (Wildman–Crippen LogP) is 2.73. The summed E-state index contributed by atoms with van der Waals surface area (Å²) in [7, 11) is 5.38. The highest BCUT2D eigenvalue weighted by atomic mass is 16.5. The summed E-state index contributed by atoms with van der Waals surface area (Å²) in [6, 6.07) is 6.26. The maximum absolute atomic E-state index is 5.48. The van der Waals surface area contributed by atoms with Gasteiger partial charge >= 0.3 is 0 Å². The summed E-state index contributed by atoms with van der Waals surface area (Å²) in [5.74, 6) is 1.39. The van der Waals surface area contributed by atoms with Crippen LogP contribution in [0.1, 0.15) is 37.0 Å². The van der Waals surface area contributed by atoms with Gasteiger partial charge in [-0.05, 0) is 36.2 Å². The largest absolute Gasteiger partial charge is 0.496 e. The summed E-state index contributed by atoms with van der Waals surface area (Å²) in [6.07, 6.45) is 0.0865. The van der Waals surface area contributed by atoms with Gasteiger partial charge in [0.1, 0.15) is 5.75 Å². The van der Waals surface area contributed by atoms with Gasteiger partial charge in [0.05, 0.1) is 13.2 Å². The molecule has 1 aromatic rings. The quantitative estimate of drug-likeness (QED) is 0.825. The first-order valence-corrected chi connectivity index (χ1v) is 5.99. The SMILES string of the molecule is CNCC(OC)c1ccc(OC)c(C(C)C)c1. The molecule has 1 rings (SSSR count). The molecular formula is C14H23NO2. The molecule has 0 bridgehead atoms. The molecule has 0 spiro atoms. The van der Waals surface area contributed by atoms with Crippen molar-refractivity contribution in [2.75, 3.05) is 27.8 Å². The minimum atomic E-state index is 0.0865.